The quantitative estimate of drug-likeness (QED) is 0.313. The Morgan fingerprint density at radius 2 is 1.33 bits per heavy atom. The highest BCUT2D eigenvalue weighted by Crippen LogP contribution is 2.27. The lowest BCUT2D eigenvalue weighted by Gasteiger charge is -2.36. The Hall–Kier alpha value is -4.85. The lowest BCUT2D eigenvalue weighted by molar-refractivity contribution is 0.0738. The van der Waals surface area contributed by atoms with Crippen LogP contribution in [0.3, 0.4) is 0 Å². The van der Waals surface area contributed by atoms with Crippen LogP contribution < -0.4 is 14.4 Å². The van der Waals surface area contributed by atoms with Gasteiger partial charge in [-0.1, -0.05) is 30.3 Å². The maximum Gasteiger partial charge on any atom is 0.272 e. The topological polar surface area (TPSA) is 72.2 Å². The van der Waals surface area contributed by atoms with Gasteiger partial charge in [0.1, 0.15) is 17.2 Å². The molecule has 196 valence electrons. The molecular weight excluding hydrogens is 490 g/mol. The number of carbonyl (C=O) groups is 1. The van der Waals surface area contributed by atoms with E-state index in [-0.39, 0.29) is 5.91 Å². The van der Waals surface area contributed by atoms with Gasteiger partial charge < -0.3 is 19.3 Å². The second kappa shape index (κ2) is 10.5. The highest BCUT2D eigenvalue weighted by Gasteiger charge is 2.26. The first-order valence-electron chi connectivity index (χ1n) is 12.9. The molecule has 0 aliphatic carbocycles. The second-order valence-electron chi connectivity index (χ2n) is 9.40. The molecule has 1 saturated heterocycles. The smallest absolute Gasteiger partial charge is 0.272 e. The Balaban J connectivity index is 1.33. The number of hydrogen-bond donors (Lipinski definition) is 0. The minimum atomic E-state index is -0.0609. The molecule has 0 saturated carbocycles. The van der Waals surface area contributed by atoms with E-state index >= 15 is 0 Å². The largest absolute Gasteiger partial charge is 0.497 e. The molecule has 39 heavy (non-hydrogen) atoms. The van der Waals surface area contributed by atoms with E-state index in [9.17, 15) is 4.79 Å². The summed E-state index contributed by atoms with van der Waals surface area (Å²) in [4.78, 5) is 23.0. The monoisotopic (exact) mass is 519 g/mol. The number of benzene rings is 3. The summed E-state index contributed by atoms with van der Waals surface area (Å²) in [7, 11) is 3.31. The van der Waals surface area contributed by atoms with Crippen LogP contribution in [0, 0.1) is 0 Å². The summed E-state index contributed by atoms with van der Waals surface area (Å²) < 4.78 is 12.3. The summed E-state index contributed by atoms with van der Waals surface area (Å²) in [6.45, 7) is 2.71. The van der Waals surface area contributed by atoms with Crippen LogP contribution in [0.1, 0.15) is 10.5 Å². The van der Waals surface area contributed by atoms with Gasteiger partial charge in [-0.3, -0.25) is 4.79 Å². The van der Waals surface area contributed by atoms with Crippen LogP contribution in [0.4, 0.5) is 5.69 Å². The predicted molar refractivity (Wildman–Crippen MR) is 152 cm³/mol. The molecule has 3 heterocycles. The zero-order chi connectivity index (χ0) is 26.8. The summed E-state index contributed by atoms with van der Waals surface area (Å²) in [5.74, 6) is 1.53. The van der Waals surface area contributed by atoms with E-state index < -0.39 is 0 Å². The molecule has 3 aromatic carbocycles. The van der Waals surface area contributed by atoms with Gasteiger partial charge in [0.25, 0.3) is 5.91 Å². The minimum Gasteiger partial charge on any atom is -0.497 e. The molecule has 1 aliphatic heterocycles. The first-order chi connectivity index (χ1) is 19.1. The molecule has 2 aromatic heterocycles. The third-order valence-electron chi connectivity index (χ3n) is 7.11. The van der Waals surface area contributed by atoms with Crippen molar-refractivity contribution in [3.63, 3.8) is 0 Å². The molecule has 0 atom stereocenters. The van der Waals surface area contributed by atoms with Crippen LogP contribution in [0.25, 0.3) is 28.2 Å². The number of nitrogens with zero attached hydrogens (tertiary/aromatic N) is 5. The molecule has 0 N–H and O–H groups in total. The lowest BCUT2D eigenvalue weighted by atomic mass is 10.1. The molecule has 0 spiro atoms. The Kier molecular flexibility index (Phi) is 6.59. The van der Waals surface area contributed by atoms with Gasteiger partial charge in [-0.05, 0) is 54.6 Å². The molecular formula is C31H29N5O3. The fourth-order valence-electron chi connectivity index (χ4n) is 4.91. The molecule has 8 heteroatoms. The van der Waals surface area contributed by atoms with E-state index in [4.69, 9.17) is 19.6 Å². The molecule has 0 unspecified atom stereocenters. The lowest BCUT2D eigenvalue weighted by Crippen LogP contribution is -2.49. The summed E-state index contributed by atoms with van der Waals surface area (Å²) >= 11 is 0. The molecule has 1 amide bonds. The Labute approximate surface area is 227 Å². The van der Waals surface area contributed by atoms with Crippen LogP contribution in [0.15, 0.2) is 91.0 Å². The third-order valence-corrected chi connectivity index (χ3v) is 7.11. The van der Waals surface area contributed by atoms with Crippen molar-refractivity contribution in [2.45, 2.75) is 0 Å². The fourth-order valence-corrected chi connectivity index (χ4v) is 4.91. The summed E-state index contributed by atoms with van der Waals surface area (Å²) in [6, 6.07) is 29.4. The van der Waals surface area contributed by atoms with Crippen LogP contribution in [-0.2, 0) is 0 Å². The van der Waals surface area contributed by atoms with Crippen molar-refractivity contribution in [2.24, 2.45) is 0 Å². The minimum absolute atomic E-state index is 0.0609. The summed E-state index contributed by atoms with van der Waals surface area (Å²) in [5.41, 5.74) is 5.60. The van der Waals surface area contributed by atoms with Gasteiger partial charge in [0.15, 0.2) is 5.65 Å². The molecule has 5 aromatic rings. The first-order valence-corrected chi connectivity index (χ1v) is 12.9. The van der Waals surface area contributed by atoms with Gasteiger partial charge >= 0.3 is 0 Å². The third kappa shape index (κ3) is 4.88. The van der Waals surface area contributed by atoms with E-state index in [0.29, 0.717) is 30.1 Å². The van der Waals surface area contributed by atoms with E-state index in [1.165, 1.54) is 0 Å². The van der Waals surface area contributed by atoms with Crippen LogP contribution in [0.2, 0.25) is 0 Å². The van der Waals surface area contributed by atoms with E-state index in [2.05, 4.69) is 17.0 Å². The molecule has 1 aliphatic rings. The van der Waals surface area contributed by atoms with Crippen molar-refractivity contribution in [3.8, 4) is 34.0 Å². The number of piperazine rings is 1. The van der Waals surface area contributed by atoms with E-state index in [1.54, 1.807) is 18.7 Å². The fraction of sp³-hybridized carbons (Fsp3) is 0.194. The average molecular weight is 520 g/mol. The number of aromatic nitrogens is 3. The van der Waals surface area contributed by atoms with Crippen LogP contribution in [0.5, 0.6) is 11.5 Å². The molecule has 0 bridgehead atoms. The number of amides is 1. The molecule has 8 nitrogen and oxygen atoms in total. The normalized spacial score (nSPS) is 13.5. The maximum atomic E-state index is 14.0. The van der Waals surface area contributed by atoms with Gasteiger partial charge in [0.05, 0.1) is 25.6 Å². The summed E-state index contributed by atoms with van der Waals surface area (Å²) in [6.07, 6.45) is 0. The standard InChI is InChI=1S/C31H29N5O3/c1-38-25-12-8-23(9-13-25)27-20-29(36-30(32-27)21-28(33-36)22-6-4-3-5-7-22)31(37)35-18-16-34(17-19-35)24-10-14-26(39-2)15-11-24/h3-15,20-21H,16-19H2,1-2H3. The number of anilines is 1. The van der Waals surface area contributed by atoms with Gasteiger partial charge in [-0.25, -0.2) is 9.50 Å². The summed E-state index contributed by atoms with van der Waals surface area (Å²) in [5, 5.41) is 4.80. The van der Waals surface area contributed by atoms with Crippen LogP contribution >= 0.6 is 0 Å². The van der Waals surface area contributed by atoms with Gasteiger partial charge in [-0.15, -0.1) is 0 Å². The van der Waals surface area contributed by atoms with Crippen molar-refractivity contribution in [1.82, 2.24) is 19.5 Å². The zero-order valence-corrected chi connectivity index (χ0v) is 21.9. The van der Waals surface area contributed by atoms with Crippen molar-refractivity contribution < 1.29 is 14.3 Å². The predicted octanol–water partition coefficient (Wildman–Crippen LogP) is 5.04. The number of rotatable bonds is 6. The highest BCUT2D eigenvalue weighted by molar-refractivity contribution is 5.94. The van der Waals surface area contributed by atoms with Crippen molar-refractivity contribution >= 4 is 17.2 Å². The zero-order valence-electron chi connectivity index (χ0n) is 21.9. The van der Waals surface area contributed by atoms with Gasteiger partial charge in [0.2, 0.25) is 0 Å². The van der Waals surface area contributed by atoms with E-state index in [0.717, 1.165) is 47.1 Å². The molecule has 6 rings (SSSR count). The van der Waals surface area contributed by atoms with Crippen molar-refractivity contribution in [2.75, 3.05) is 45.3 Å². The highest BCUT2D eigenvalue weighted by atomic mass is 16.5. The van der Waals surface area contributed by atoms with Crippen LogP contribution in [-0.4, -0.2) is 65.8 Å². The number of ether oxygens (including phenoxy) is 2. The Bertz CT molecular complexity index is 1590. The number of hydrogen-bond acceptors (Lipinski definition) is 6. The van der Waals surface area contributed by atoms with Gasteiger partial charge in [-0.2, -0.15) is 5.10 Å². The number of fused-ring (bicyclic) bond motifs is 1. The molecule has 1 fully saturated rings. The average Bonchev–Trinajstić information content (AvgIpc) is 3.45. The molecule has 0 radical (unpaired) electrons. The van der Waals surface area contributed by atoms with Crippen molar-refractivity contribution in [3.05, 3.63) is 96.7 Å². The Morgan fingerprint density at radius 1 is 0.718 bits per heavy atom. The maximum absolute atomic E-state index is 14.0. The SMILES string of the molecule is COc1ccc(-c2cc(C(=O)N3CCN(c4ccc(OC)cc4)CC3)n3nc(-c4ccccc4)cc3n2)cc1. The number of methoxy groups -OCH3 is 2. The van der Waals surface area contributed by atoms with Gasteiger partial charge in [0, 0.05) is 49.1 Å². The first kappa shape index (κ1) is 24.5. The van der Waals surface area contributed by atoms with E-state index in [1.807, 2.05) is 83.8 Å². The number of carbonyl (C=O) groups excluding carboxylic acids is 1. The Morgan fingerprint density at radius 3 is 1.97 bits per heavy atom. The second-order valence-corrected chi connectivity index (χ2v) is 9.40. The van der Waals surface area contributed by atoms with Crippen molar-refractivity contribution in [1.29, 1.82) is 0 Å².